The SMILES string of the molecule is CCCCCCCCCCCCCCCC(O)[C@H](COC(N)=O)NC(=O)CCCCCCCCCCc1ccc(Oc2ccc(F)cc2)cc1.CCc1ccc(OC(O)C(O)=C(O)CO)cc1.CO. The number of hydrogen-bond acceptors (Lipinski definition) is 11. The summed E-state index contributed by atoms with van der Waals surface area (Å²) in [7, 11) is 1.00. The molecule has 0 aliphatic carbocycles. The average molecular weight is 971 g/mol. The fourth-order valence-electron chi connectivity index (χ4n) is 7.52. The van der Waals surface area contributed by atoms with Crippen LogP contribution in [-0.2, 0) is 22.4 Å². The summed E-state index contributed by atoms with van der Waals surface area (Å²) in [6.45, 7) is 3.39. The number of hydrogen-bond donors (Lipinski definition) is 8. The summed E-state index contributed by atoms with van der Waals surface area (Å²) in [5, 5.41) is 56.8. The molecular weight excluding hydrogens is 884 g/mol. The first kappa shape index (κ1) is 62.1. The van der Waals surface area contributed by atoms with Crippen LogP contribution in [0.3, 0.4) is 0 Å². The monoisotopic (exact) mass is 971 g/mol. The lowest BCUT2D eigenvalue weighted by atomic mass is 10.0. The molecule has 0 aliphatic heterocycles. The van der Waals surface area contributed by atoms with Crippen LogP contribution in [0.1, 0.15) is 173 Å². The first-order valence-electron chi connectivity index (χ1n) is 25.5. The predicted molar refractivity (Wildman–Crippen MR) is 272 cm³/mol. The van der Waals surface area contributed by atoms with Crippen LogP contribution in [-0.4, -0.2) is 81.4 Å². The summed E-state index contributed by atoms with van der Waals surface area (Å²) in [5.74, 6) is -0.203. The number of nitrogens with two attached hydrogens (primary N) is 1. The number of nitrogens with one attached hydrogen (secondary N) is 1. The molecule has 3 rings (SSSR count). The van der Waals surface area contributed by atoms with Crippen LogP contribution in [0.15, 0.2) is 84.3 Å². The highest BCUT2D eigenvalue weighted by molar-refractivity contribution is 5.76. The largest absolute Gasteiger partial charge is 0.506 e. The maximum atomic E-state index is 13.1. The third-order valence-corrected chi connectivity index (χ3v) is 11.7. The van der Waals surface area contributed by atoms with Crippen LogP contribution in [0.5, 0.6) is 17.2 Å². The lowest BCUT2D eigenvalue weighted by Crippen LogP contribution is -2.47. The summed E-state index contributed by atoms with van der Waals surface area (Å²) in [5.41, 5.74) is 7.55. The number of aliphatic hydroxyl groups is 6. The van der Waals surface area contributed by atoms with E-state index in [0.717, 1.165) is 82.6 Å². The third kappa shape index (κ3) is 31.8. The highest BCUT2D eigenvalue weighted by atomic mass is 19.1. The number of unbranched alkanes of at least 4 members (excludes halogenated alkanes) is 19. The Morgan fingerprint density at radius 1 is 0.623 bits per heavy atom. The second kappa shape index (κ2) is 40.9. The van der Waals surface area contributed by atoms with E-state index in [2.05, 4.69) is 24.4 Å². The van der Waals surface area contributed by atoms with Crippen LogP contribution in [0, 0.1) is 5.82 Å². The zero-order valence-corrected chi connectivity index (χ0v) is 41.9. The van der Waals surface area contributed by atoms with Gasteiger partial charge in [-0.25, -0.2) is 9.18 Å². The molecule has 0 bridgehead atoms. The van der Waals surface area contributed by atoms with Crippen molar-refractivity contribution >= 4 is 12.0 Å². The van der Waals surface area contributed by atoms with Crippen molar-refractivity contribution in [2.75, 3.05) is 20.3 Å². The van der Waals surface area contributed by atoms with E-state index in [4.69, 9.17) is 35.3 Å². The number of rotatable bonds is 36. The summed E-state index contributed by atoms with van der Waals surface area (Å²) in [4.78, 5) is 23.8. The molecule has 0 aromatic heterocycles. The summed E-state index contributed by atoms with van der Waals surface area (Å²) in [6.07, 6.45) is 24.7. The topological polar surface area (TPSA) is 221 Å². The van der Waals surface area contributed by atoms with Crippen LogP contribution in [0.2, 0.25) is 0 Å². The standard InChI is InChI=1S/C42H67FN2O5.C12H16O5.CH4O/c1-2-3-4-5-6-7-8-9-10-11-15-18-21-24-40(46)39(34-49-42(44)48)45-41(47)25-22-19-16-13-12-14-17-20-23-35-26-30-37(31-27-35)50-38-32-28-36(43)29-33-38;1-2-8-3-5-9(6-4-8)17-12(16)11(15)10(14)7-13;1-2/h26-33,39-40,46H,2-25,34H2,1H3,(H2,44,48)(H,45,47);3-6,12-16H,2,7H2,1H3;2H,1H3/t39-,40?;;/m0../s1. The molecular formula is C55H87FN2O11. The van der Waals surface area contributed by atoms with E-state index in [1.54, 1.807) is 24.3 Å². The molecule has 14 heteroatoms. The van der Waals surface area contributed by atoms with Crippen molar-refractivity contribution in [2.45, 2.75) is 193 Å². The van der Waals surface area contributed by atoms with Gasteiger partial charge in [0.2, 0.25) is 11.7 Å². The van der Waals surface area contributed by atoms with Crippen molar-refractivity contribution in [3.8, 4) is 17.2 Å². The van der Waals surface area contributed by atoms with Crippen LogP contribution >= 0.6 is 0 Å². The molecule has 13 nitrogen and oxygen atoms in total. The molecule has 0 saturated carbocycles. The molecule has 69 heavy (non-hydrogen) atoms. The normalized spacial score (nSPS) is 12.5. The maximum Gasteiger partial charge on any atom is 0.404 e. The number of benzene rings is 3. The summed E-state index contributed by atoms with van der Waals surface area (Å²) >= 11 is 0. The minimum absolute atomic E-state index is 0.113. The van der Waals surface area contributed by atoms with E-state index < -0.39 is 42.7 Å². The van der Waals surface area contributed by atoms with Gasteiger partial charge in [-0.2, -0.15) is 0 Å². The highest BCUT2D eigenvalue weighted by Gasteiger charge is 2.22. The number of carbonyl (C=O) groups is 2. The first-order chi connectivity index (χ1) is 33.4. The van der Waals surface area contributed by atoms with Crippen LogP contribution in [0.25, 0.3) is 0 Å². The lowest BCUT2D eigenvalue weighted by Gasteiger charge is -2.23. The Bertz CT molecular complexity index is 1740. The number of aliphatic hydroxyl groups excluding tert-OH is 6. The molecule has 3 aromatic carbocycles. The molecule has 390 valence electrons. The number of aryl methyl sites for hydroxylation is 2. The van der Waals surface area contributed by atoms with Gasteiger partial charge in [0.1, 0.15) is 36.3 Å². The number of ether oxygens (including phenoxy) is 3. The van der Waals surface area contributed by atoms with Crippen LogP contribution in [0.4, 0.5) is 9.18 Å². The highest BCUT2D eigenvalue weighted by Crippen LogP contribution is 2.23. The van der Waals surface area contributed by atoms with Gasteiger partial charge in [0.25, 0.3) is 6.29 Å². The minimum atomic E-state index is -1.70. The Labute approximate surface area is 412 Å². The summed E-state index contributed by atoms with van der Waals surface area (Å²) < 4.78 is 28.7. The smallest absolute Gasteiger partial charge is 0.404 e. The quantitative estimate of drug-likeness (QED) is 0.0156. The fourth-order valence-corrected chi connectivity index (χ4v) is 7.52. The zero-order valence-electron chi connectivity index (χ0n) is 41.9. The number of primary amides is 1. The van der Waals surface area contributed by atoms with Gasteiger partial charge < -0.3 is 55.9 Å². The molecule has 0 spiro atoms. The van der Waals surface area contributed by atoms with E-state index >= 15 is 0 Å². The Morgan fingerprint density at radius 3 is 1.57 bits per heavy atom. The number of amides is 2. The van der Waals surface area contributed by atoms with Gasteiger partial charge in [0.15, 0.2) is 5.76 Å². The summed E-state index contributed by atoms with van der Waals surface area (Å²) in [6, 6.07) is 20.4. The lowest BCUT2D eigenvalue weighted by molar-refractivity contribution is -0.123. The molecule has 0 aliphatic rings. The van der Waals surface area contributed by atoms with Gasteiger partial charge in [-0.1, -0.05) is 160 Å². The second-order valence-electron chi connectivity index (χ2n) is 17.4. The Kier molecular flexibility index (Phi) is 36.9. The molecule has 2 amide bonds. The van der Waals surface area contributed by atoms with Crippen molar-refractivity contribution in [2.24, 2.45) is 5.73 Å². The van der Waals surface area contributed by atoms with Gasteiger partial charge in [-0.3, -0.25) is 4.79 Å². The van der Waals surface area contributed by atoms with Gasteiger partial charge in [0.05, 0.1) is 12.1 Å². The number of carbonyl (C=O) groups excluding carboxylic acids is 2. The minimum Gasteiger partial charge on any atom is -0.506 e. The van der Waals surface area contributed by atoms with Crippen LogP contribution < -0.4 is 20.5 Å². The van der Waals surface area contributed by atoms with E-state index in [1.165, 1.54) is 101 Å². The van der Waals surface area contributed by atoms with E-state index in [9.17, 15) is 29.3 Å². The van der Waals surface area contributed by atoms with Gasteiger partial charge in [0, 0.05) is 13.5 Å². The molecule has 9 N–H and O–H groups in total. The average Bonchev–Trinajstić information content (AvgIpc) is 3.36. The number of halogens is 1. The van der Waals surface area contributed by atoms with Crippen molar-refractivity contribution < 1.29 is 58.8 Å². The van der Waals surface area contributed by atoms with Crippen molar-refractivity contribution in [1.82, 2.24) is 5.32 Å². The van der Waals surface area contributed by atoms with E-state index in [0.29, 0.717) is 24.3 Å². The Hall–Kier alpha value is -4.89. The molecule has 0 fully saturated rings. The fraction of sp³-hybridized carbons (Fsp3) is 0.600. The molecule has 3 atom stereocenters. The van der Waals surface area contributed by atoms with E-state index in [-0.39, 0.29) is 18.3 Å². The molecule has 0 heterocycles. The second-order valence-corrected chi connectivity index (χ2v) is 17.4. The zero-order chi connectivity index (χ0) is 50.9. The molecule has 3 aromatic rings. The van der Waals surface area contributed by atoms with Gasteiger partial charge in [-0.05, 0) is 91.8 Å². The van der Waals surface area contributed by atoms with Gasteiger partial charge >= 0.3 is 6.09 Å². The van der Waals surface area contributed by atoms with Gasteiger partial charge in [-0.15, -0.1) is 0 Å². The molecule has 0 saturated heterocycles. The van der Waals surface area contributed by atoms with Crippen molar-refractivity contribution in [1.29, 1.82) is 0 Å². The molecule has 2 unspecified atom stereocenters. The van der Waals surface area contributed by atoms with Crippen molar-refractivity contribution in [3.05, 3.63) is 101 Å². The Balaban J connectivity index is 0.00000104. The molecule has 0 radical (unpaired) electrons. The predicted octanol–water partition coefficient (Wildman–Crippen LogP) is 12.0. The first-order valence-corrected chi connectivity index (χ1v) is 25.5. The Morgan fingerprint density at radius 2 is 1.07 bits per heavy atom. The van der Waals surface area contributed by atoms with Crippen molar-refractivity contribution in [3.63, 3.8) is 0 Å². The van der Waals surface area contributed by atoms with E-state index in [1.807, 2.05) is 31.2 Å². The third-order valence-electron chi connectivity index (χ3n) is 11.7. The maximum absolute atomic E-state index is 13.1.